The number of nitrogens with one attached hydrogen (secondary N) is 1. The molecule has 0 aliphatic heterocycles. The lowest BCUT2D eigenvalue weighted by Gasteiger charge is -2.04. The fourth-order valence-electron chi connectivity index (χ4n) is 1.86. The standard InChI is InChI=1S/C13H20N4O2.ClH/c1-7(2)12-11(9(4)16-18-12)13-15-10(17-19-13)6-8(3)14-5;/h7-8,14H,6H2,1-5H3;1H. The molecule has 6 nitrogen and oxygen atoms in total. The summed E-state index contributed by atoms with van der Waals surface area (Å²) < 4.78 is 10.7. The Morgan fingerprint density at radius 2 is 1.85 bits per heavy atom. The maximum atomic E-state index is 5.34. The average Bonchev–Trinajstić information content (AvgIpc) is 2.95. The molecule has 1 N–H and O–H groups in total. The number of aromatic nitrogens is 3. The Morgan fingerprint density at radius 3 is 2.45 bits per heavy atom. The lowest BCUT2D eigenvalue weighted by Crippen LogP contribution is -2.24. The predicted octanol–water partition coefficient (Wildman–Crippen LogP) is 2.73. The molecule has 0 amide bonds. The number of likely N-dealkylation sites (N-methyl/N-ethyl adjacent to an activating group) is 1. The summed E-state index contributed by atoms with van der Waals surface area (Å²) in [6.07, 6.45) is 0.724. The van der Waals surface area contributed by atoms with Crippen molar-refractivity contribution in [1.29, 1.82) is 0 Å². The van der Waals surface area contributed by atoms with Crippen LogP contribution in [0.1, 0.15) is 44.0 Å². The minimum Gasteiger partial charge on any atom is -0.360 e. The summed E-state index contributed by atoms with van der Waals surface area (Å²) in [6, 6.07) is 0.304. The van der Waals surface area contributed by atoms with Crippen molar-refractivity contribution in [3.63, 3.8) is 0 Å². The van der Waals surface area contributed by atoms with Gasteiger partial charge in [-0.2, -0.15) is 4.98 Å². The molecule has 0 spiro atoms. The van der Waals surface area contributed by atoms with Gasteiger partial charge >= 0.3 is 0 Å². The van der Waals surface area contributed by atoms with Crippen LogP contribution in [0.15, 0.2) is 9.05 Å². The Hall–Kier alpha value is -1.40. The maximum absolute atomic E-state index is 5.34. The van der Waals surface area contributed by atoms with Gasteiger partial charge in [0.15, 0.2) is 11.6 Å². The first-order valence-electron chi connectivity index (χ1n) is 6.49. The SMILES string of the molecule is CNC(C)Cc1noc(-c2c(C)noc2C(C)C)n1.Cl. The number of hydrogen-bond acceptors (Lipinski definition) is 6. The highest BCUT2D eigenvalue weighted by molar-refractivity contribution is 5.85. The van der Waals surface area contributed by atoms with Gasteiger partial charge in [-0.25, -0.2) is 0 Å². The van der Waals surface area contributed by atoms with Crippen molar-refractivity contribution < 1.29 is 9.05 Å². The third-order valence-electron chi connectivity index (χ3n) is 3.08. The van der Waals surface area contributed by atoms with E-state index in [0.29, 0.717) is 17.8 Å². The quantitative estimate of drug-likeness (QED) is 0.915. The van der Waals surface area contributed by atoms with E-state index in [1.54, 1.807) is 0 Å². The molecule has 112 valence electrons. The van der Waals surface area contributed by atoms with Crippen molar-refractivity contribution >= 4 is 12.4 Å². The van der Waals surface area contributed by atoms with Crippen molar-refractivity contribution in [1.82, 2.24) is 20.6 Å². The van der Waals surface area contributed by atoms with Crippen LogP contribution >= 0.6 is 12.4 Å². The van der Waals surface area contributed by atoms with Gasteiger partial charge in [0.2, 0.25) is 0 Å². The van der Waals surface area contributed by atoms with Crippen LogP contribution in [0.3, 0.4) is 0 Å². The molecule has 1 unspecified atom stereocenters. The van der Waals surface area contributed by atoms with Gasteiger partial charge in [-0.3, -0.25) is 0 Å². The van der Waals surface area contributed by atoms with Gasteiger partial charge in [0.1, 0.15) is 5.56 Å². The van der Waals surface area contributed by atoms with E-state index >= 15 is 0 Å². The molecule has 20 heavy (non-hydrogen) atoms. The van der Waals surface area contributed by atoms with Crippen molar-refractivity contribution in [2.24, 2.45) is 0 Å². The van der Waals surface area contributed by atoms with Crippen molar-refractivity contribution in [3.05, 3.63) is 17.3 Å². The van der Waals surface area contributed by atoms with Crippen LogP contribution < -0.4 is 5.32 Å². The summed E-state index contributed by atoms with van der Waals surface area (Å²) in [5.41, 5.74) is 1.60. The lowest BCUT2D eigenvalue weighted by atomic mass is 10.1. The lowest BCUT2D eigenvalue weighted by molar-refractivity contribution is 0.366. The highest BCUT2D eigenvalue weighted by Gasteiger charge is 2.23. The summed E-state index contributed by atoms with van der Waals surface area (Å²) in [5.74, 6) is 2.19. The van der Waals surface area contributed by atoms with E-state index in [4.69, 9.17) is 9.05 Å². The van der Waals surface area contributed by atoms with Crippen LogP contribution in [-0.4, -0.2) is 28.4 Å². The number of halogens is 1. The Morgan fingerprint density at radius 1 is 1.15 bits per heavy atom. The van der Waals surface area contributed by atoms with Gasteiger partial charge in [-0.05, 0) is 20.9 Å². The average molecular weight is 301 g/mol. The molecule has 0 radical (unpaired) electrons. The molecule has 0 aliphatic rings. The molecule has 0 fully saturated rings. The van der Waals surface area contributed by atoms with E-state index in [1.165, 1.54) is 0 Å². The molecule has 2 rings (SSSR count). The van der Waals surface area contributed by atoms with Gasteiger partial charge in [0, 0.05) is 18.4 Å². The van der Waals surface area contributed by atoms with Crippen LogP contribution in [-0.2, 0) is 6.42 Å². The number of hydrogen-bond donors (Lipinski definition) is 1. The zero-order valence-corrected chi connectivity index (χ0v) is 13.2. The first-order valence-corrected chi connectivity index (χ1v) is 6.49. The normalized spacial score (nSPS) is 12.5. The van der Waals surface area contributed by atoms with Crippen molar-refractivity contribution in [2.75, 3.05) is 7.05 Å². The summed E-state index contributed by atoms with van der Waals surface area (Å²) in [7, 11) is 1.91. The molecular weight excluding hydrogens is 280 g/mol. The highest BCUT2D eigenvalue weighted by atomic mass is 35.5. The first-order chi connectivity index (χ1) is 9.02. The maximum Gasteiger partial charge on any atom is 0.263 e. The summed E-state index contributed by atoms with van der Waals surface area (Å²) in [5, 5.41) is 11.1. The van der Waals surface area contributed by atoms with E-state index in [2.05, 4.69) is 27.5 Å². The van der Waals surface area contributed by atoms with E-state index < -0.39 is 0 Å². The molecule has 0 aliphatic carbocycles. The zero-order valence-electron chi connectivity index (χ0n) is 12.4. The second-order valence-electron chi connectivity index (χ2n) is 5.07. The number of nitrogens with zero attached hydrogens (tertiary/aromatic N) is 3. The minimum atomic E-state index is 0. The van der Waals surface area contributed by atoms with Crippen LogP contribution in [0.2, 0.25) is 0 Å². The van der Waals surface area contributed by atoms with Gasteiger partial charge in [-0.15, -0.1) is 12.4 Å². The summed E-state index contributed by atoms with van der Waals surface area (Å²) in [6.45, 7) is 8.04. The molecule has 1 atom stereocenters. The predicted molar refractivity (Wildman–Crippen MR) is 78.1 cm³/mol. The second kappa shape index (κ2) is 6.85. The van der Waals surface area contributed by atoms with Gasteiger partial charge in [0.05, 0.1) is 5.69 Å². The molecule has 2 aromatic heterocycles. The van der Waals surface area contributed by atoms with Crippen LogP contribution in [0.25, 0.3) is 11.5 Å². The highest BCUT2D eigenvalue weighted by Crippen LogP contribution is 2.30. The molecule has 0 bridgehead atoms. The monoisotopic (exact) mass is 300 g/mol. The Kier molecular flexibility index (Phi) is 5.71. The van der Waals surface area contributed by atoms with Gasteiger partial charge in [-0.1, -0.05) is 24.2 Å². The van der Waals surface area contributed by atoms with Gasteiger partial charge < -0.3 is 14.4 Å². The van der Waals surface area contributed by atoms with Gasteiger partial charge in [0.25, 0.3) is 5.89 Å². The molecule has 0 saturated heterocycles. The smallest absolute Gasteiger partial charge is 0.263 e. The van der Waals surface area contributed by atoms with E-state index in [1.807, 2.05) is 27.8 Å². The van der Waals surface area contributed by atoms with Crippen LogP contribution in [0.4, 0.5) is 0 Å². The first kappa shape index (κ1) is 16.7. The van der Waals surface area contributed by atoms with Crippen LogP contribution in [0, 0.1) is 6.92 Å². The number of rotatable bonds is 5. The zero-order chi connectivity index (χ0) is 14.0. The van der Waals surface area contributed by atoms with Crippen molar-refractivity contribution in [2.45, 2.75) is 46.1 Å². The van der Waals surface area contributed by atoms with Crippen molar-refractivity contribution in [3.8, 4) is 11.5 Å². The molecule has 2 aromatic rings. The largest absolute Gasteiger partial charge is 0.360 e. The van der Waals surface area contributed by atoms with E-state index in [-0.39, 0.29) is 18.3 Å². The Bertz CT molecular complexity index is 550. The fourth-order valence-corrected chi connectivity index (χ4v) is 1.86. The third kappa shape index (κ3) is 3.37. The summed E-state index contributed by atoms with van der Waals surface area (Å²) >= 11 is 0. The molecule has 7 heteroatoms. The Balaban J connectivity index is 0.00000200. The summed E-state index contributed by atoms with van der Waals surface area (Å²) in [4.78, 5) is 4.43. The third-order valence-corrected chi connectivity index (χ3v) is 3.08. The minimum absolute atomic E-state index is 0. The van der Waals surface area contributed by atoms with Crippen LogP contribution in [0.5, 0.6) is 0 Å². The van der Waals surface area contributed by atoms with E-state index in [9.17, 15) is 0 Å². The molecule has 2 heterocycles. The molecule has 0 aromatic carbocycles. The number of aryl methyl sites for hydroxylation is 1. The second-order valence-corrected chi connectivity index (χ2v) is 5.07. The molecular formula is C13H21ClN4O2. The topological polar surface area (TPSA) is 77.0 Å². The Labute approximate surface area is 124 Å². The fraction of sp³-hybridized carbons (Fsp3) is 0.615. The molecule has 0 saturated carbocycles. The van der Waals surface area contributed by atoms with E-state index in [0.717, 1.165) is 23.4 Å².